The van der Waals surface area contributed by atoms with Crippen molar-refractivity contribution in [1.82, 2.24) is 13.6 Å². The van der Waals surface area contributed by atoms with Gasteiger partial charge in [0.2, 0.25) is 0 Å². The van der Waals surface area contributed by atoms with Crippen molar-refractivity contribution in [3.05, 3.63) is 0 Å². The van der Waals surface area contributed by atoms with Crippen molar-refractivity contribution >= 4 is 10.2 Å². The zero-order valence-electron chi connectivity index (χ0n) is 10.1. The van der Waals surface area contributed by atoms with Gasteiger partial charge in [0.05, 0.1) is 0 Å². The summed E-state index contributed by atoms with van der Waals surface area (Å²) in [4.78, 5) is 0. The lowest BCUT2D eigenvalue weighted by molar-refractivity contribution is 0.184. The Morgan fingerprint density at radius 3 is 2.19 bits per heavy atom. The maximum Gasteiger partial charge on any atom is 0.282 e. The van der Waals surface area contributed by atoms with E-state index < -0.39 is 10.2 Å². The van der Waals surface area contributed by atoms with Crippen LogP contribution in [0.25, 0.3) is 0 Å². The van der Waals surface area contributed by atoms with Crippen LogP contribution >= 0.6 is 0 Å². The lowest BCUT2D eigenvalue weighted by atomic mass is 10.4. The van der Waals surface area contributed by atoms with Crippen molar-refractivity contribution in [2.24, 2.45) is 5.84 Å². The Hall–Kier alpha value is -0.210. The molecule has 1 saturated heterocycles. The van der Waals surface area contributed by atoms with E-state index in [2.05, 4.69) is 0 Å². The Morgan fingerprint density at radius 2 is 1.75 bits per heavy atom. The molecule has 0 spiro atoms. The lowest BCUT2D eigenvalue weighted by Gasteiger charge is -2.34. The van der Waals surface area contributed by atoms with E-state index in [-0.39, 0.29) is 0 Å². The van der Waals surface area contributed by atoms with Crippen LogP contribution in [0.15, 0.2) is 0 Å². The third-order valence-corrected chi connectivity index (χ3v) is 4.86. The molecule has 0 saturated carbocycles. The minimum absolute atomic E-state index is 0.485. The summed E-state index contributed by atoms with van der Waals surface area (Å²) in [6, 6.07) is 0. The largest absolute Gasteiger partial charge is 0.282 e. The Labute approximate surface area is 98.1 Å². The average molecular weight is 250 g/mol. The summed E-state index contributed by atoms with van der Waals surface area (Å²) in [5, 5.41) is 1.65. The fraction of sp³-hybridized carbons (Fsp3) is 1.00. The van der Waals surface area contributed by atoms with Crippen LogP contribution in [0.2, 0.25) is 0 Å². The first-order chi connectivity index (χ1) is 7.52. The number of rotatable bonds is 5. The SMILES string of the molecule is CCCN(CC)S(=O)(=O)N1CCN(N)CC1. The summed E-state index contributed by atoms with van der Waals surface area (Å²) in [6.45, 7) is 7.13. The molecule has 6 nitrogen and oxygen atoms in total. The second kappa shape index (κ2) is 5.92. The van der Waals surface area contributed by atoms with Gasteiger partial charge < -0.3 is 0 Å². The van der Waals surface area contributed by atoms with Gasteiger partial charge in [0.15, 0.2) is 0 Å². The van der Waals surface area contributed by atoms with Crippen molar-refractivity contribution in [3.63, 3.8) is 0 Å². The van der Waals surface area contributed by atoms with Crippen molar-refractivity contribution in [2.45, 2.75) is 20.3 Å². The first-order valence-electron chi connectivity index (χ1n) is 5.77. The molecular weight excluding hydrogens is 228 g/mol. The van der Waals surface area contributed by atoms with E-state index in [1.54, 1.807) is 5.01 Å². The highest BCUT2D eigenvalue weighted by molar-refractivity contribution is 7.86. The summed E-state index contributed by atoms with van der Waals surface area (Å²) in [5.74, 6) is 5.61. The van der Waals surface area contributed by atoms with Crippen LogP contribution in [-0.2, 0) is 10.2 Å². The lowest BCUT2D eigenvalue weighted by Crippen LogP contribution is -2.54. The number of piperazine rings is 1. The van der Waals surface area contributed by atoms with E-state index in [0.717, 1.165) is 6.42 Å². The topological polar surface area (TPSA) is 69.9 Å². The Kier molecular flexibility index (Phi) is 5.13. The van der Waals surface area contributed by atoms with Crippen LogP contribution in [0.4, 0.5) is 0 Å². The second-order valence-electron chi connectivity index (χ2n) is 3.93. The van der Waals surface area contributed by atoms with Crippen molar-refractivity contribution in [3.8, 4) is 0 Å². The molecule has 1 aliphatic heterocycles. The Morgan fingerprint density at radius 1 is 1.19 bits per heavy atom. The molecule has 7 heteroatoms. The fourth-order valence-corrected chi connectivity index (χ4v) is 3.47. The third-order valence-electron chi connectivity index (χ3n) is 2.75. The molecule has 0 atom stereocenters. The highest BCUT2D eigenvalue weighted by Crippen LogP contribution is 2.11. The van der Waals surface area contributed by atoms with E-state index in [9.17, 15) is 8.42 Å². The van der Waals surface area contributed by atoms with E-state index in [0.29, 0.717) is 39.3 Å². The summed E-state index contributed by atoms with van der Waals surface area (Å²) in [7, 11) is -3.28. The minimum Gasteiger partial charge on any atom is -0.269 e. The van der Waals surface area contributed by atoms with Crippen molar-refractivity contribution in [1.29, 1.82) is 0 Å². The number of nitrogens with zero attached hydrogens (tertiary/aromatic N) is 3. The van der Waals surface area contributed by atoms with E-state index in [4.69, 9.17) is 5.84 Å². The van der Waals surface area contributed by atoms with Gasteiger partial charge in [-0.25, -0.2) is 5.01 Å². The molecule has 0 bridgehead atoms. The van der Waals surface area contributed by atoms with Gasteiger partial charge in [-0.2, -0.15) is 17.0 Å². The fourth-order valence-electron chi connectivity index (χ4n) is 1.78. The molecule has 1 heterocycles. The molecule has 16 heavy (non-hydrogen) atoms. The molecule has 2 N–H and O–H groups in total. The van der Waals surface area contributed by atoms with Crippen LogP contribution in [0.5, 0.6) is 0 Å². The molecule has 0 unspecified atom stereocenters. The smallest absolute Gasteiger partial charge is 0.269 e. The first-order valence-corrected chi connectivity index (χ1v) is 7.17. The normalized spacial score (nSPS) is 20.5. The highest BCUT2D eigenvalue weighted by Gasteiger charge is 2.30. The molecule has 0 aromatic rings. The molecule has 1 rings (SSSR count). The average Bonchev–Trinajstić information content (AvgIpc) is 2.26. The quantitative estimate of drug-likeness (QED) is 0.665. The number of hydrogen-bond acceptors (Lipinski definition) is 4. The zero-order valence-corrected chi connectivity index (χ0v) is 10.9. The Bertz CT molecular complexity index is 299. The maximum atomic E-state index is 12.2. The van der Waals surface area contributed by atoms with Gasteiger partial charge in [-0.15, -0.1) is 0 Å². The molecule has 0 aromatic carbocycles. The molecule has 0 amide bonds. The molecular formula is C9H22N4O2S. The van der Waals surface area contributed by atoms with Gasteiger partial charge in [0, 0.05) is 39.3 Å². The van der Waals surface area contributed by atoms with Crippen LogP contribution in [0.3, 0.4) is 0 Å². The summed E-state index contributed by atoms with van der Waals surface area (Å²) in [6.07, 6.45) is 0.837. The van der Waals surface area contributed by atoms with Gasteiger partial charge in [-0.05, 0) is 6.42 Å². The van der Waals surface area contributed by atoms with Gasteiger partial charge in [0.25, 0.3) is 10.2 Å². The van der Waals surface area contributed by atoms with Gasteiger partial charge >= 0.3 is 0 Å². The van der Waals surface area contributed by atoms with Crippen LogP contribution in [0, 0.1) is 0 Å². The third kappa shape index (κ3) is 3.14. The monoisotopic (exact) mass is 250 g/mol. The molecule has 1 fully saturated rings. The molecule has 96 valence electrons. The van der Waals surface area contributed by atoms with Crippen LogP contribution in [0.1, 0.15) is 20.3 Å². The number of hydrogen-bond donors (Lipinski definition) is 1. The first kappa shape index (κ1) is 13.9. The zero-order chi connectivity index (χ0) is 12.2. The van der Waals surface area contributed by atoms with E-state index in [1.807, 2.05) is 13.8 Å². The predicted octanol–water partition coefficient (Wildman–Crippen LogP) is -0.546. The molecule has 1 aliphatic rings. The summed E-state index contributed by atoms with van der Waals surface area (Å²) >= 11 is 0. The second-order valence-corrected chi connectivity index (χ2v) is 5.86. The molecule has 0 aliphatic carbocycles. The standard InChI is InChI=1S/C9H22N4O2S/c1-3-5-12(4-2)16(14,15)13-8-6-11(10)7-9-13/h3-10H2,1-2H3. The van der Waals surface area contributed by atoms with E-state index in [1.165, 1.54) is 8.61 Å². The summed E-state index contributed by atoms with van der Waals surface area (Å²) in [5.41, 5.74) is 0. The van der Waals surface area contributed by atoms with Gasteiger partial charge in [-0.3, -0.25) is 5.84 Å². The van der Waals surface area contributed by atoms with Crippen LogP contribution in [-0.4, -0.2) is 61.3 Å². The van der Waals surface area contributed by atoms with E-state index >= 15 is 0 Å². The molecule has 0 aromatic heterocycles. The molecule has 0 radical (unpaired) electrons. The number of hydrazine groups is 1. The number of nitrogens with two attached hydrogens (primary N) is 1. The van der Waals surface area contributed by atoms with Crippen molar-refractivity contribution < 1.29 is 8.42 Å². The summed E-state index contributed by atoms with van der Waals surface area (Å²) < 4.78 is 27.5. The highest BCUT2D eigenvalue weighted by atomic mass is 32.2. The van der Waals surface area contributed by atoms with Gasteiger partial charge in [-0.1, -0.05) is 13.8 Å². The van der Waals surface area contributed by atoms with Crippen LogP contribution < -0.4 is 5.84 Å². The maximum absolute atomic E-state index is 12.2. The predicted molar refractivity (Wildman–Crippen MR) is 63.8 cm³/mol. The minimum atomic E-state index is -3.28. The van der Waals surface area contributed by atoms with Crippen molar-refractivity contribution in [2.75, 3.05) is 39.3 Å². The van der Waals surface area contributed by atoms with Gasteiger partial charge in [0.1, 0.15) is 0 Å². The Balaban J connectivity index is 2.68.